The molecule has 0 aliphatic carbocycles. The molecule has 2 aliphatic rings. The number of hydrogen-bond donors (Lipinski definition) is 1. The largest absolute Gasteiger partial charge is 0.311 e. The first kappa shape index (κ1) is 12.3. The Balaban J connectivity index is 1.88. The van der Waals surface area contributed by atoms with Gasteiger partial charge in [-0.25, -0.2) is 8.42 Å². The van der Waals surface area contributed by atoms with E-state index in [0.717, 1.165) is 38.9 Å². The maximum Gasteiger partial charge on any atom is 0.150 e. The first-order valence-electron chi connectivity index (χ1n) is 6.28. The average Bonchev–Trinajstić information content (AvgIpc) is 2.29. The summed E-state index contributed by atoms with van der Waals surface area (Å²) in [4.78, 5) is 2.49. The van der Waals surface area contributed by atoms with Gasteiger partial charge in [0, 0.05) is 31.7 Å². The minimum atomic E-state index is -2.72. The van der Waals surface area contributed by atoms with Crippen molar-refractivity contribution in [1.82, 2.24) is 10.2 Å². The molecular weight excluding hydrogens is 224 g/mol. The Morgan fingerprint density at radius 2 is 2.00 bits per heavy atom. The van der Waals surface area contributed by atoms with E-state index in [2.05, 4.69) is 17.1 Å². The van der Waals surface area contributed by atoms with Crippen LogP contribution in [0, 0.1) is 0 Å². The van der Waals surface area contributed by atoms with Gasteiger partial charge >= 0.3 is 0 Å². The first-order valence-corrected chi connectivity index (χ1v) is 8.11. The Bertz CT molecular complexity index is 315. The minimum Gasteiger partial charge on any atom is -0.311 e. The van der Waals surface area contributed by atoms with Gasteiger partial charge in [0.15, 0.2) is 0 Å². The summed E-state index contributed by atoms with van der Waals surface area (Å²) in [7, 11) is -2.72. The SMILES string of the molecule is CCC1CN(C2CCS(=O)(=O)CC2)CCN1. The van der Waals surface area contributed by atoms with Crippen molar-refractivity contribution in [3.8, 4) is 0 Å². The summed E-state index contributed by atoms with van der Waals surface area (Å²) in [6.07, 6.45) is 2.82. The Hall–Kier alpha value is -0.130. The lowest BCUT2D eigenvalue weighted by Crippen LogP contribution is -2.55. The smallest absolute Gasteiger partial charge is 0.150 e. The molecule has 0 spiro atoms. The van der Waals surface area contributed by atoms with Crippen LogP contribution in [0.15, 0.2) is 0 Å². The van der Waals surface area contributed by atoms with Crippen LogP contribution in [0.4, 0.5) is 0 Å². The second-order valence-corrected chi connectivity index (χ2v) is 7.24. The van der Waals surface area contributed by atoms with E-state index in [1.54, 1.807) is 0 Å². The molecule has 0 radical (unpaired) electrons. The van der Waals surface area contributed by atoms with Gasteiger partial charge in [-0.15, -0.1) is 0 Å². The third-order valence-electron chi connectivity index (χ3n) is 3.82. The Morgan fingerprint density at radius 3 is 2.62 bits per heavy atom. The number of nitrogens with zero attached hydrogens (tertiary/aromatic N) is 1. The van der Waals surface area contributed by atoms with Crippen LogP contribution in [0.3, 0.4) is 0 Å². The molecule has 94 valence electrons. The number of sulfone groups is 1. The van der Waals surface area contributed by atoms with Gasteiger partial charge in [-0.1, -0.05) is 6.92 Å². The molecule has 0 amide bonds. The van der Waals surface area contributed by atoms with Crippen molar-refractivity contribution >= 4 is 9.84 Å². The molecule has 2 fully saturated rings. The summed E-state index contributed by atoms with van der Waals surface area (Å²) in [5.74, 6) is 0.775. The fourth-order valence-corrected chi connectivity index (χ4v) is 4.17. The van der Waals surface area contributed by atoms with E-state index in [9.17, 15) is 8.42 Å². The average molecular weight is 246 g/mol. The van der Waals surface area contributed by atoms with E-state index in [4.69, 9.17) is 0 Å². The molecule has 16 heavy (non-hydrogen) atoms. The maximum absolute atomic E-state index is 11.4. The summed E-state index contributed by atoms with van der Waals surface area (Å²) < 4.78 is 22.7. The summed E-state index contributed by atoms with van der Waals surface area (Å²) in [5.41, 5.74) is 0. The van der Waals surface area contributed by atoms with Gasteiger partial charge in [0.05, 0.1) is 11.5 Å². The fourth-order valence-electron chi connectivity index (χ4n) is 2.70. The monoisotopic (exact) mass is 246 g/mol. The minimum absolute atomic E-state index is 0.387. The highest BCUT2D eigenvalue weighted by Gasteiger charge is 2.30. The highest BCUT2D eigenvalue weighted by Crippen LogP contribution is 2.19. The van der Waals surface area contributed by atoms with E-state index in [0.29, 0.717) is 23.6 Å². The highest BCUT2D eigenvalue weighted by atomic mass is 32.2. The first-order chi connectivity index (χ1) is 7.61. The molecule has 2 heterocycles. The molecule has 2 aliphatic heterocycles. The highest BCUT2D eigenvalue weighted by molar-refractivity contribution is 7.91. The summed E-state index contributed by atoms with van der Waals surface area (Å²) in [5, 5.41) is 3.49. The van der Waals surface area contributed by atoms with Crippen LogP contribution in [0.2, 0.25) is 0 Å². The van der Waals surface area contributed by atoms with Crippen molar-refractivity contribution in [3.05, 3.63) is 0 Å². The van der Waals surface area contributed by atoms with Gasteiger partial charge in [0.1, 0.15) is 9.84 Å². The van der Waals surface area contributed by atoms with Gasteiger partial charge in [-0.2, -0.15) is 0 Å². The molecule has 0 aromatic heterocycles. The van der Waals surface area contributed by atoms with Crippen molar-refractivity contribution < 1.29 is 8.42 Å². The fraction of sp³-hybridized carbons (Fsp3) is 1.00. The molecule has 0 aromatic carbocycles. The quantitative estimate of drug-likeness (QED) is 0.759. The van der Waals surface area contributed by atoms with Gasteiger partial charge in [-0.05, 0) is 19.3 Å². The van der Waals surface area contributed by atoms with E-state index in [-0.39, 0.29) is 0 Å². The lowest BCUT2D eigenvalue weighted by Gasteiger charge is -2.40. The van der Waals surface area contributed by atoms with Gasteiger partial charge < -0.3 is 5.32 Å². The molecule has 1 atom stereocenters. The van der Waals surface area contributed by atoms with E-state index < -0.39 is 9.84 Å². The molecule has 0 saturated carbocycles. The van der Waals surface area contributed by atoms with Crippen molar-refractivity contribution in [2.75, 3.05) is 31.1 Å². The molecule has 0 bridgehead atoms. The van der Waals surface area contributed by atoms with Gasteiger partial charge in [-0.3, -0.25) is 4.90 Å². The molecule has 4 nitrogen and oxygen atoms in total. The van der Waals surface area contributed by atoms with E-state index >= 15 is 0 Å². The van der Waals surface area contributed by atoms with E-state index in [1.807, 2.05) is 0 Å². The topological polar surface area (TPSA) is 49.4 Å². The molecule has 2 saturated heterocycles. The zero-order valence-electron chi connectivity index (χ0n) is 9.98. The molecule has 1 unspecified atom stereocenters. The molecule has 5 heteroatoms. The second-order valence-electron chi connectivity index (χ2n) is 4.94. The third kappa shape index (κ3) is 2.96. The van der Waals surface area contributed by atoms with Crippen LogP contribution < -0.4 is 5.32 Å². The lowest BCUT2D eigenvalue weighted by molar-refractivity contribution is 0.133. The van der Waals surface area contributed by atoms with Crippen molar-refractivity contribution in [1.29, 1.82) is 0 Å². The zero-order valence-corrected chi connectivity index (χ0v) is 10.8. The molecule has 2 rings (SSSR count). The van der Waals surface area contributed by atoms with Gasteiger partial charge in [0.2, 0.25) is 0 Å². The van der Waals surface area contributed by atoms with Crippen LogP contribution in [0.25, 0.3) is 0 Å². The predicted octanol–water partition coefficient (Wildman–Crippen LogP) is 0.247. The van der Waals surface area contributed by atoms with Crippen molar-refractivity contribution in [2.24, 2.45) is 0 Å². The number of hydrogen-bond acceptors (Lipinski definition) is 4. The standard InChI is InChI=1S/C11H22N2O2S/c1-2-10-9-13(6-5-12-10)11-3-7-16(14,15)8-4-11/h10-12H,2-9H2,1H3. The van der Waals surface area contributed by atoms with Crippen molar-refractivity contribution in [3.63, 3.8) is 0 Å². The van der Waals surface area contributed by atoms with E-state index in [1.165, 1.54) is 0 Å². The maximum atomic E-state index is 11.4. The van der Waals surface area contributed by atoms with Crippen LogP contribution in [0.5, 0.6) is 0 Å². The Morgan fingerprint density at radius 1 is 1.31 bits per heavy atom. The third-order valence-corrected chi connectivity index (χ3v) is 5.54. The Kier molecular flexibility index (Phi) is 3.87. The lowest BCUT2D eigenvalue weighted by atomic mass is 10.1. The van der Waals surface area contributed by atoms with Crippen LogP contribution in [-0.2, 0) is 9.84 Å². The Labute approximate surface area is 98.3 Å². The number of rotatable bonds is 2. The summed E-state index contributed by atoms with van der Waals surface area (Å²) in [6, 6.07) is 1.09. The molecule has 1 N–H and O–H groups in total. The number of piperazine rings is 1. The van der Waals surface area contributed by atoms with Crippen LogP contribution in [0.1, 0.15) is 26.2 Å². The van der Waals surface area contributed by atoms with Gasteiger partial charge in [0.25, 0.3) is 0 Å². The predicted molar refractivity (Wildman–Crippen MR) is 65.3 cm³/mol. The van der Waals surface area contributed by atoms with Crippen LogP contribution >= 0.6 is 0 Å². The van der Waals surface area contributed by atoms with Crippen LogP contribution in [-0.4, -0.2) is 56.5 Å². The second kappa shape index (κ2) is 5.02. The van der Waals surface area contributed by atoms with Crippen molar-refractivity contribution in [2.45, 2.75) is 38.3 Å². The summed E-state index contributed by atoms with van der Waals surface area (Å²) >= 11 is 0. The summed E-state index contributed by atoms with van der Waals surface area (Å²) in [6.45, 7) is 5.40. The molecule has 0 aromatic rings. The zero-order chi connectivity index (χ0) is 11.6. The normalized spacial score (nSPS) is 32.7. The molecular formula is C11H22N2O2S. The number of nitrogens with one attached hydrogen (secondary N) is 1.